The van der Waals surface area contributed by atoms with Crippen LogP contribution in [0.25, 0.3) is 0 Å². The van der Waals surface area contributed by atoms with E-state index in [0.717, 1.165) is 5.76 Å². The molecule has 0 aromatic carbocycles. The van der Waals surface area contributed by atoms with E-state index < -0.39 is 10.0 Å². The zero-order chi connectivity index (χ0) is 10.4. The molecule has 0 unspecified atom stereocenters. The summed E-state index contributed by atoms with van der Waals surface area (Å²) in [6.45, 7) is 0.478. The molecule has 3 N–H and O–H groups in total. The Hall–Kier alpha value is -0.850. The van der Waals surface area contributed by atoms with Crippen molar-refractivity contribution in [3.8, 4) is 0 Å². The van der Waals surface area contributed by atoms with Crippen LogP contribution in [0.4, 0.5) is 0 Å². The van der Waals surface area contributed by atoms with E-state index in [9.17, 15) is 8.42 Å². The standard InChI is InChI=1S/C8H14N2O3S/c9-4-7-14(11,12)10-5-3-8-2-1-6-13-8/h1-2,6,10H,3-5,7,9H2. The fourth-order valence-electron chi connectivity index (χ4n) is 1.01. The van der Waals surface area contributed by atoms with Crippen molar-refractivity contribution in [2.75, 3.05) is 18.8 Å². The number of sulfonamides is 1. The van der Waals surface area contributed by atoms with Crippen molar-refractivity contribution in [2.45, 2.75) is 6.42 Å². The lowest BCUT2D eigenvalue weighted by Crippen LogP contribution is -2.31. The molecule has 0 aliphatic heterocycles. The first kappa shape index (κ1) is 11.2. The van der Waals surface area contributed by atoms with Crippen molar-refractivity contribution in [1.82, 2.24) is 4.72 Å². The molecule has 6 heteroatoms. The number of rotatable bonds is 6. The first-order valence-electron chi connectivity index (χ1n) is 4.34. The lowest BCUT2D eigenvalue weighted by molar-refractivity contribution is 0.506. The van der Waals surface area contributed by atoms with Gasteiger partial charge in [-0.2, -0.15) is 0 Å². The Morgan fingerprint density at radius 3 is 2.86 bits per heavy atom. The normalized spacial score (nSPS) is 11.8. The van der Waals surface area contributed by atoms with Crippen LogP contribution in [0.5, 0.6) is 0 Å². The van der Waals surface area contributed by atoms with Gasteiger partial charge in [-0.1, -0.05) is 0 Å². The Morgan fingerprint density at radius 1 is 1.50 bits per heavy atom. The van der Waals surface area contributed by atoms with Gasteiger partial charge in [0.15, 0.2) is 0 Å². The molecule has 0 fully saturated rings. The Labute approximate surface area is 83.3 Å². The molecule has 1 heterocycles. The van der Waals surface area contributed by atoms with E-state index in [4.69, 9.17) is 10.2 Å². The predicted molar refractivity (Wildman–Crippen MR) is 53.3 cm³/mol. The van der Waals surface area contributed by atoms with Crippen LogP contribution in [0.3, 0.4) is 0 Å². The molecule has 0 amide bonds. The van der Waals surface area contributed by atoms with Gasteiger partial charge in [-0.3, -0.25) is 0 Å². The van der Waals surface area contributed by atoms with Gasteiger partial charge >= 0.3 is 0 Å². The average Bonchev–Trinajstić information content (AvgIpc) is 2.56. The van der Waals surface area contributed by atoms with Gasteiger partial charge in [0.05, 0.1) is 12.0 Å². The maximum atomic E-state index is 11.1. The first-order chi connectivity index (χ1) is 6.64. The molecule has 0 aliphatic carbocycles. The highest BCUT2D eigenvalue weighted by atomic mass is 32.2. The SMILES string of the molecule is NCCS(=O)(=O)NCCc1ccco1. The molecule has 0 spiro atoms. The van der Waals surface area contributed by atoms with Crippen LogP contribution in [-0.4, -0.2) is 27.3 Å². The van der Waals surface area contributed by atoms with Gasteiger partial charge in [-0.05, 0) is 12.1 Å². The van der Waals surface area contributed by atoms with Gasteiger partial charge in [0.2, 0.25) is 10.0 Å². The summed E-state index contributed by atoms with van der Waals surface area (Å²) >= 11 is 0. The summed E-state index contributed by atoms with van der Waals surface area (Å²) in [4.78, 5) is 0. The molecule has 0 saturated heterocycles. The highest BCUT2D eigenvalue weighted by molar-refractivity contribution is 7.89. The van der Waals surface area contributed by atoms with Crippen molar-refractivity contribution >= 4 is 10.0 Å². The van der Waals surface area contributed by atoms with E-state index in [1.54, 1.807) is 18.4 Å². The molecule has 0 atom stereocenters. The Balaban J connectivity index is 2.28. The molecule has 0 radical (unpaired) electrons. The second-order valence-electron chi connectivity index (χ2n) is 2.83. The van der Waals surface area contributed by atoms with Crippen molar-refractivity contribution in [3.05, 3.63) is 24.2 Å². The molecule has 14 heavy (non-hydrogen) atoms. The molecule has 5 nitrogen and oxygen atoms in total. The molecule has 1 aromatic rings. The third-order valence-electron chi connectivity index (χ3n) is 1.66. The van der Waals surface area contributed by atoms with E-state index in [-0.39, 0.29) is 12.3 Å². The molecule has 0 bridgehead atoms. The van der Waals surface area contributed by atoms with Gasteiger partial charge in [0.1, 0.15) is 5.76 Å². The zero-order valence-electron chi connectivity index (χ0n) is 7.77. The van der Waals surface area contributed by atoms with E-state index in [1.807, 2.05) is 0 Å². The van der Waals surface area contributed by atoms with Gasteiger partial charge in [-0.15, -0.1) is 0 Å². The summed E-state index contributed by atoms with van der Waals surface area (Å²) in [5, 5.41) is 0. The van der Waals surface area contributed by atoms with Gasteiger partial charge in [-0.25, -0.2) is 13.1 Å². The third-order valence-corrected chi connectivity index (χ3v) is 3.08. The summed E-state index contributed by atoms with van der Waals surface area (Å²) in [5.41, 5.74) is 5.14. The zero-order valence-corrected chi connectivity index (χ0v) is 8.59. The molecule has 80 valence electrons. The fraction of sp³-hybridized carbons (Fsp3) is 0.500. The van der Waals surface area contributed by atoms with Crippen molar-refractivity contribution in [3.63, 3.8) is 0 Å². The number of nitrogens with one attached hydrogen (secondary N) is 1. The molecular weight excluding hydrogens is 204 g/mol. The second-order valence-corrected chi connectivity index (χ2v) is 4.76. The molecule has 0 aliphatic rings. The number of furan rings is 1. The van der Waals surface area contributed by atoms with Gasteiger partial charge in [0.25, 0.3) is 0 Å². The van der Waals surface area contributed by atoms with Crippen LogP contribution >= 0.6 is 0 Å². The van der Waals surface area contributed by atoms with Crippen LogP contribution in [0.1, 0.15) is 5.76 Å². The minimum absolute atomic E-state index is 0.0366. The monoisotopic (exact) mass is 218 g/mol. The summed E-state index contributed by atoms with van der Waals surface area (Å²) in [6.07, 6.45) is 2.11. The van der Waals surface area contributed by atoms with Crippen LogP contribution < -0.4 is 10.5 Å². The Bertz CT molecular complexity index is 345. The summed E-state index contributed by atoms with van der Waals surface area (Å²) in [6, 6.07) is 3.57. The van der Waals surface area contributed by atoms with E-state index >= 15 is 0 Å². The Kier molecular flexibility index (Phi) is 4.12. The van der Waals surface area contributed by atoms with Crippen molar-refractivity contribution in [2.24, 2.45) is 5.73 Å². The topological polar surface area (TPSA) is 85.3 Å². The smallest absolute Gasteiger partial charge is 0.212 e. The predicted octanol–water partition coefficient (Wildman–Crippen LogP) is -0.300. The highest BCUT2D eigenvalue weighted by Crippen LogP contribution is 1.99. The van der Waals surface area contributed by atoms with Crippen molar-refractivity contribution in [1.29, 1.82) is 0 Å². The molecule has 0 saturated carbocycles. The maximum Gasteiger partial charge on any atom is 0.212 e. The third kappa shape index (κ3) is 3.91. The summed E-state index contributed by atoms with van der Waals surface area (Å²) < 4.78 is 29.8. The lowest BCUT2D eigenvalue weighted by Gasteiger charge is -2.03. The van der Waals surface area contributed by atoms with Crippen molar-refractivity contribution < 1.29 is 12.8 Å². The van der Waals surface area contributed by atoms with Crippen LogP contribution in [-0.2, 0) is 16.4 Å². The van der Waals surface area contributed by atoms with Gasteiger partial charge in [0, 0.05) is 19.5 Å². The lowest BCUT2D eigenvalue weighted by atomic mass is 10.3. The fourth-order valence-corrected chi connectivity index (χ4v) is 1.88. The average molecular weight is 218 g/mol. The number of nitrogens with two attached hydrogens (primary N) is 1. The minimum Gasteiger partial charge on any atom is -0.469 e. The highest BCUT2D eigenvalue weighted by Gasteiger charge is 2.07. The quantitative estimate of drug-likeness (QED) is 0.686. The summed E-state index contributed by atoms with van der Waals surface area (Å²) in [7, 11) is -3.20. The molecule has 1 aromatic heterocycles. The minimum atomic E-state index is -3.20. The van der Waals surface area contributed by atoms with Crippen LogP contribution in [0.15, 0.2) is 22.8 Å². The molecule has 1 rings (SSSR count). The van der Waals surface area contributed by atoms with Crippen LogP contribution in [0, 0.1) is 0 Å². The summed E-state index contributed by atoms with van der Waals surface area (Å²) in [5.74, 6) is 0.728. The maximum absolute atomic E-state index is 11.1. The van der Waals surface area contributed by atoms with E-state index in [1.165, 1.54) is 0 Å². The second kappa shape index (κ2) is 5.14. The Morgan fingerprint density at radius 2 is 2.29 bits per heavy atom. The number of hydrogen-bond donors (Lipinski definition) is 2. The number of hydrogen-bond acceptors (Lipinski definition) is 4. The van der Waals surface area contributed by atoms with Gasteiger partial charge < -0.3 is 10.2 Å². The molecular formula is C8H14N2O3S. The first-order valence-corrected chi connectivity index (χ1v) is 5.99. The largest absolute Gasteiger partial charge is 0.469 e. The van der Waals surface area contributed by atoms with E-state index in [2.05, 4.69) is 4.72 Å². The van der Waals surface area contributed by atoms with Crippen LogP contribution in [0.2, 0.25) is 0 Å². The van der Waals surface area contributed by atoms with E-state index in [0.29, 0.717) is 13.0 Å².